The summed E-state index contributed by atoms with van der Waals surface area (Å²) in [5, 5.41) is 2.79. The third-order valence-corrected chi connectivity index (χ3v) is 4.24. The number of amides is 1. The molecule has 22 heavy (non-hydrogen) atoms. The van der Waals surface area contributed by atoms with Gasteiger partial charge in [-0.3, -0.25) is 4.79 Å². The van der Waals surface area contributed by atoms with E-state index in [9.17, 15) is 9.59 Å². The summed E-state index contributed by atoms with van der Waals surface area (Å²) in [6.45, 7) is 3.73. The van der Waals surface area contributed by atoms with E-state index in [0.717, 1.165) is 5.56 Å². The van der Waals surface area contributed by atoms with Crippen molar-refractivity contribution in [2.75, 3.05) is 6.79 Å². The molecule has 0 unspecified atom stereocenters. The van der Waals surface area contributed by atoms with Crippen molar-refractivity contribution in [3.05, 3.63) is 35.0 Å². The fourth-order valence-electron chi connectivity index (χ4n) is 3.19. The Morgan fingerprint density at radius 1 is 1.18 bits per heavy atom. The Labute approximate surface area is 127 Å². The Morgan fingerprint density at radius 3 is 2.77 bits per heavy atom. The summed E-state index contributed by atoms with van der Waals surface area (Å²) in [6.07, 6.45) is 0.212. The molecule has 3 aliphatic rings. The maximum Gasteiger partial charge on any atom is 0.337 e. The van der Waals surface area contributed by atoms with Gasteiger partial charge in [-0.2, -0.15) is 0 Å². The van der Waals surface area contributed by atoms with Crippen LogP contribution in [0.3, 0.4) is 0 Å². The Balaban J connectivity index is 1.82. The summed E-state index contributed by atoms with van der Waals surface area (Å²) in [6, 6.07) is 5.49. The third kappa shape index (κ3) is 1.80. The van der Waals surface area contributed by atoms with E-state index in [4.69, 9.17) is 14.2 Å². The highest BCUT2D eigenvalue weighted by molar-refractivity contribution is 5.99. The van der Waals surface area contributed by atoms with Crippen LogP contribution in [-0.4, -0.2) is 24.3 Å². The van der Waals surface area contributed by atoms with Gasteiger partial charge in [0.1, 0.15) is 5.60 Å². The molecule has 0 spiro atoms. The first-order chi connectivity index (χ1) is 10.5. The molecule has 1 amide bonds. The van der Waals surface area contributed by atoms with Gasteiger partial charge in [-0.15, -0.1) is 0 Å². The van der Waals surface area contributed by atoms with Gasteiger partial charge in [-0.1, -0.05) is 6.07 Å². The van der Waals surface area contributed by atoms with Crippen LogP contribution in [0.4, 0.5) is 0 Å². The van der Waals surface area contributed by atoms with Gasteiger partial charge in [0.05, 0.1) is 11.3 Å². The predicted octanol–water partition coefficient (Wildman–Crippen LogP) is 1.61. The summed E-state index contributed by atoms with van der Waals surface area (Å²) < 4.78 is 16.1. The number of fused-ring (bicyclic) bond motifs is 1. The van der Waals surface area contributed by atoms with E-state index in [1.807, 2.05) is 12.1 Å². The van der Waals surface area contributed by atoms with E-state index in [-0.39, 0.29) is 31.0 Å². The topological polar surface area (TPSA) is 73.9 Å². The Hall–Kier alpha value is -2.50. The SMILES string of the molecule is CC1(C)OC(=O)C2=C1NC(=O)C[C@H]2c1ccc2c(c1)OCO2. The largest absolute Gasteiger partial charge is 0.454 e. The molecule has 3 aliphatic heterocycles. The molecule has 0 fully saturated rings. The number of hydrogen-bond donors (Lipinski definition) is 1. The van der Waals surface area contributed by atoms with Gasteiger partial charge in [0.25, 0.3) is 0 Å². The standard InChI is InChI=1S/C16H15NO5/c1-16(2)14-13(15(19)22-16)9(6-12(18)17-14)8-3-4-10-11(5-8)21-7-20-10/h3-5,9H,6-7H2,1-2H3,(H,17,18)/t9-/m0/s1. The van der Waals surface area contributed by atoms with Gasteiger partial charge in [-0.05, 0) is 31.5 Å². The number of carbonyl (C=O) groups is 2. The molecule has 114 valence electrons. The van der Waals surface area contributed by atoms with Crippen LogP contribution in [-0.2, 0) is 14.3 Å². The first-order valence-electron chi connectivity index (χ1n) is 7.13. The summed E-state index contributed by atoms with van der Waals surface area (Å²) in [4.78, 5) is 24.3. The molecule has 0 saturated carbocycles. The van der Waals surface area contributed by atoms with Crippen molar-refractivity contribution >= 4 is 11.9 Å². The molecule has 4 rings (SSSR count). The minimum atomic E-state index is -0.808. The fourth-order valence-corrected chi connectivity index (χ4v) is 3.19. The highest BCUT2D eigenvalue weighted by Crippen LogP contribution is 2.44. The molecule has 0 aromatic heterocycles. The second kappa shape index (κ2) is 4.25. The molecule has 3 heterocycles. The van der Waals surface area contributed by atoms with Gasteiger partial charge >= 0.3 is 5.97 Å². The molecule has 0 bridgehead atoms. The summed E-state index contributed by atoms with van der Waals surface area (Å²) in [5.74, 6) is 0.492. The lowest BCUT2D eigenvalue weighted by Crippen LogP contribution is -2.38. The number of cyclic esters (lactones) is 1. The minimum Gasteiger partial charge on any atom is -0.454 e. The zero-order valence-corrected chi connectivity index (χ0v) is 12.3. The van der Waals surface area contributed by atoms with Crippen LogP contribution < -0.4 is 14.8 Å². The summed E-state index contributed by atoms with van der Waals surface area (Å²) in [5.41, 5.74) is 1.14. The third-order valence-electron chi connectivity index (χ3n) is 4.24. The second-order valence-corrected chi connectivity index (χ2v) is 6.11. The fraction of sp³-hybridized carbons (Fsp3) is 0.375. The van der Waals surface area contributed by atoms with E-state index in [2.05, 4.69) is 5.32 Å². The molecule has 1 atom stereocenters. The zero-order valence-electron chi connectivity index (χ0n) is 12.3. The van der Waals surface area contributed by atoms with Gasteiger partial charge in [0.15, 0.2) is 11.5 Å². The van der Waals surface area contributed by atoms with E-state index >= 15 is 0 Å². The molecule has 1 N–H and O–H groups in total. The minimum absolute atomic E-state index is 0.118. The van der Waals surface area contributed by atoms with Crippen molar-refractivity contribution in [1.29, 1.82) is 0 Å². The summed E-state index contributed by atoms with van der Waals surface area (Å²) >= 11 is 0. The van der Waals surface area contributed by atoms with Gasteiger partial charge in [-0.25, -0.2) is 4.79 Å². The van der Waals surface area contributed by atoms with Crippen molar-refractivity contribution in [2.24, 2.45) is 0 Å². The van der Waals surface area contributed by atoms with Crippen LogP contribution in [0.5, 0.6) is 11.5 Å². The molecular weight excluding hydrogens is 286 g/mol. The van der Waals surface area contributed by atoms with Crippen LogP contribution in [0.2, 0.25) is 0 Å². The number of rotatable bonds is 1. The lowest BCUT2D eigenvalue weighted by atomic mass is 9.83. The van der Waals surface area contributed by atoms with Crippen molar-refractivity contribution in [1.82, 2.24) is 5.32 Å². The van der Waals surface area contributed by atoms with Crippen LogP contribution in [0.25, 0.3) is 0 Å². The van der Waals surface area contributed by atoms with Crippen LogP contribution in [0.15, 0.2) is 29.5 Å². The lowest BCUT2D eigenvalue weighted by Gasteiger charge is -2.27. The highest BCUT2D eigenvalue weighted by atomic mass is 16.7. The molecule has 0 radical (unpaired) electrons. The molecule has 1 aromatic carbocycles. The van der Waals surface area contributed by atoms with Crippen LogP contribution >= 0.6 is 0 Å². The normalized spacial score (nSPS) is 24.9. The quantitative estimate of drug-likeness (QED) is 0.798. The number of ether oxygens (including phenoxy) is 3. The monoisotopic (exact) mass is 301 g/mol. The lowest BCUT2D eigenvalue weighted by molar-refractivity contribution is -0.144. The van der Waals surface area contributed by atoms with E-state index in [1.165, 1.54) is 0 Å². The first kappa shape index (κ1) is 13.2. The maximum atomic E-state index is 12.3. The molecule has 1 aromatic rings. The number of carbonyl (C=O) groups excluding carboxylic acids is 2. The first-order valence-corrected chi connectivity index (χ1v) is 7.13. The Morgan fingerprint density at radius 2 is 1.95 bits per heavy atom. The average Bonchev–Trinajstić information content (AvgIpc) is 3.00. The number of hydrogen-bond acceptors (Lipinski definition) is 5. The van der Waals surface area contributed by atoms with E-state index in [1.54, 1.807) is 19.9 Å². The van der Waals surface area contributed by atoms with Gasteiger partial charge in [0, 0.05) is 12.3 Å². The van der Waals surface area contributed by atoms with Crippen LogP contribution in [0, 0.1) is 0 Å². The highest BCUT2D eigenvalue weighted by Gasteiger charge is 2.47. The Kier molecular flexibility index (Phi) is 2.55. The Bertz CT molecular complexity index is 734. The average molecular weight is 301 g/mol. The van der Waals surface area contributed by atoms with Crippen LogP contribution in [0.1, 0.15) is 31.7 Å². The van der Waals surface area contributed by atoms with Crippen molar-refractivity contribution in [2.45, 2.75) is 31.8 Å². The van der Waals surface area contributed by atoms with Crippen molar-refractivity contribution < 1.29 is 23.8 Å². The van der Waals surface area contributed by atoms with Crippen molar-refractivity contribution in [3.8, 4) is 11.5 Å². The van der Waals surface area contributed by atoms with Crippen molar-refractivity contribution in [3.63, 3.8) is 0 Å². The maximum absolute atomic E-state index is 12.3. The number of esters is 1. The second-order valence-electron chi connectivity index (χ2n) is 6.11. The van der Waals surface area contributed by atoms with E-state index < -0.39 is 5.60 Å². The van der Waals surface area contributed by atoms with Gasteiger partial charge < -0.3 is 19.5 Å². The smallest absolute Gasteiger partial charge is 0.337 e. The zero-order chi connectivity index (χ0) is 15.5. The predicted molar refractivity (Wildman–Crippen MR) is 75.3 cm³/mol. The number of benzene rings is 1. The molecular formula is C16H15NO5. The molecule has 0 saturated heterocycles. The van der Waals surface area contributed by atoms with Gasteiger partial charge in [0.2, 0.25) is 12.7 Å². The van der Waals surface area contributed by atoms with E-state index in [0.29, 0.717) is 22.8 Å². The number of nitrogens with one attached hydrogen (secondary N) is 1. The molecule has 0 aliphatic carbocycles. The molecule has 6 nitrogen and oxygen atoms in total. The molecule has 6 heteroatoms. The summed E-state index contributed by atoms with van der Waals surface area (Å²) in [7, 11) is 0.